The second kappa shape index (κ2) is 12.2. The van der Waals surface area contributed by atoms with Crippen LogP contribution in [0.1, 0.15) is 31.8 Å². The maximum Gasteiger partial charge on any atom is 0.212 e. The van der Waals surface area contributed by atoms with Gasteiger partial charge in [-0.2, -0.15) is 21.0 Å². The highest BCUT2D eigenvalue weighted by Gasteiger charge is 2.38. The number of hydrogen-bond donors (Lipinski definition) is 0. The summed E-state index contributed by atoms with van der Waals surface area (Å²) in [6, 6.07) is 13.6. The van der Waals surface area contributed by atoms with Crippen molar-refractivity contribution in [1.29, 1.82) is 21.0 Å². The molecule has 0 fully saturated rings. The van der Waals surface area contributed by atoms with Crippen molar-refractivity contribution >= 4 is 140 Å². The molecule has 0 saturated heterocycles. The van der Waals surface area contributed by atoms with Crippen molar-refractivity contribution in [2.45, 2.75) is 0 Å². The maximum absolute atomic E-state index is 14.3. The van der Waals surface area contributed by atoms with E-state index in [9.17, 15) is 48.2 Å². The number of allylic oxidation sites excluding steroid dienone is 4. The van der Waals surface area contributed by atoms with E-state index in [1.807, 2.05) is 23.2 Å². The summed E-state index contributed by atoms with van der Waals surface area (Å²) in [4.78, 5) is 36.0. The first kappa shape index (κ1) is 35.4. The Hall–Kier alpha value is -7.06. The molecule has 58 heavy (non-hydrogen) atoms. The highest BCUT2D eigenvalue weighted by Crippen LogP contribution is 2.53. The van der Waals surface area contributed by atoms with E-state index in [4.69, 9.17) is 0 Å². The fraction of sp³-hybridized carbons (Fsp3) is 0.0500. The Balaban J connectivity index is 1.09. The van der Waals surface area contributed by atoms with Gasteiger partial charge >= 0.3 is 0 Å². The Bertz CT molecular complexity index is 3410. The average molecular weight is 841 g/mol. The lowest BCUT2D eigenvalue weighted by atomic mass is 10.0. The maximum atomic E-state index is 14.3. The van der Waals surface area contributed by atoms with Gasteiger partial charge < -0.3 is 9.13 Å². The Kier molecular flexibility index (Phi) is 7.45. The summed E-state index contributed by atoms with van der Waals surface area (Å²) >= 11 is 5.71. The van der Waals surface area contributed by atoms with Crippen molar-refractivity contribution < 1.29 is 27.2 Å². The number of Topliss-reactive ketones (excluding diaryl/α,β-unsaturated/α-hetero) is 2. The molecule has 2 aliphatic carbocycles. The SMILES string of the molecule is Cn1c2cc(N=C3C(=O)c4cc(F)c(F)cc4C3=C(C#N)C#N)sc2c2sc3c(sc4c5sc(N=C6C(=O)c7cc(F)c(F)cc7C6=C(C#N)C#N)cc5n(C)c43)c21. The monoisotopic (exact) mass is 840 g/mol. The summed E-state index contributed by atoms with van der Waals surface area (Å²) in [5.41, 5.74) is 1.27. The van der Waals surface area contributed by atoms with E-state index in [-0.39, 0.29) is 44.8 Å². The molecule has 0 amide bonds. The Labute approximate surface area is 336 Å². The van der Waals surface area contributed by atoms with Crippen LogP contribution in [0.5, 0.6) is 0 Å². The second-order valence-corrected chi connectivity index (χ2v) is 17.2. The summed E-state index contributed by atoms with van der Waals surface area (Å²) in [5.74, 6) is -6.41. The zero-order valence-electron chi connectivity index (χ0n) is 29.0. The van der Waals surface area contributed by atoms with Gasteiger partial charge in [0.15, 0.2) is 23.3 Å². The van der Waals surface area contributed by atoms with Crippen molar-refractivity contribution in [3.8, 4) is 24.3 Å². The molecule has 8 aromatic rings. The van der Waals surface area contributed by atoms with Crippen LogP contribution in [0.15, 0.2) is 57.5 Å². The molecule has 0 aliphatic heterocycles. The molecule has 10 nitrogen and oxygen atoms in total. The number of aliphatic imine (C=N–C) groups is 2. The fourth-order valence-corrected chi connectivity index (χ4v) is 13.0. The van der Waals surface area contributed by atoms with Gasteiger partial charge in [-0.25, -0.2) is 27.5 Å². The van der Waals surface area contributed by atoms with Gasteiger partial charge in [0.05, 0.1) is 50.3 Å². The van der Waals surface area contributed by atoms with Crippen LogP contribution < -0.4 is 0 Å². The zero-order chi connectivity index (χ0) is 40.6. The summed E-state index contributed by atoms with van der Waals surface area (Å²) in [6.07, 6.45) is 0. The topological polar surface area (TPSA) is 164 Å². The lowest BCUT2D eigenvalue weighted by Crippen LogP contribution is -2.07. The molecule has 0 atom stereocenters. The van der Waals surface area contributed by atoms with Crippen LogP contribution in [0.25, 0.3) is 61.4 Å². The van der Waals surface area contributed by atoms with Gasteiger partial charge in [0, 0.05) is 47.5 Å². The smallest absolute Gasteiger partial charge is 0.212 e. The van der Waals surface area contributed by atoms with Crippen LogP contribution in [-0.4, -0.2) is 32.1 Å². The summed E-state index contributed by atoms with van der Waals surface area (Å²) < 4.78 is 66.6. The number of hydrogen-bond acceptors (Lipinski definition) is 12. The number of fused-ring (bicyclic) bond motifs is 11. The number of ketones is 2. The van der Waals surface area contributed by atoms with E-state index < -0.39 is 46.0 Å². The van der Waals surface area contributed by atoms with Crippen molar-refractivity contribution in [3.63, 3.8) is 0 Å². The molecule has 0 bridgehead atoms. The van der Waals surface area contributed by atoms with Gasteiger partial charge in [0.25, 0.3) is 0 Å². The third-order valence-electron chi connectivity index (χ3n) is 10.1. The van der Waals surface area contributed by atoms with Crippen LogP contribution in [0.4, 0.5) is 27.6 Å². The molecule has 276 valence electrons. The van der Waals surface area contributed by atoms with Crippen LogP contribution in [-0.2, 0) is 14.1 Å². The fourth-order valence-electron chi connectivity index (χ4n) is 7.57. The molecule has 0 saturated carbocycles. The minimum Gasteiger partial charge on any atom is -0.341 e. The Morgan fingerprint density at radius 3 is 1.19 bits per heavy atom. The van der Waals surface area contributed by atoms with Crippen molar-refractivity contribution in [2.75, 3.05) is 0 Å². The molecule has 0 unspecified atom stereocenters. The molecular formula is C40H12F4N8O2S4. The molecule has 6 heterocycles. The number of halogens is 4. The molecule has 2 aliphatic rings. The normalized spacial score (nSPS) is 15.1. The molecule has 6 aromatic heterocycles. The highest BCUT2D eigenvalue weighted by molar-refractivity contribution is 7.40. The number of thiophene rings is 4. The minimum absolute atomic E-state index is 0.0755. The zero-order valence-corrected chi connectivity index (χ0v) is 32.3. The van der Waals surface area contributed by atoms with Crippen molar-refractivity contribution in [2.24, 2.45) is 24.1 Å². The number of nitrogens with zero attached hydrogens (tertiary/aromatic N) is 8. The van der Waals surface area contributed by atoms with Crippen LogP contribution in [0, 0.1) is 68.6 Å². The molecule has 10 rings (SSSR count). The number of benzene rings is 2. The Morgan fingerprint density at radius 1 is 0.517 bits per heavy atom. The van der Waals surface area contributed by atoms with Crippen LogP contribution in [0.2, 0.25) is 0 Å². The van der Waals surface area contributed by atoms with Crippen molar-refractivity contribution in [3.05, 3.63) is 93.1 Å². The van der Waals surface area contributed by atoms with E-state index >= 15 is 0 Å². The lowest BCUT2D eigenvalue weighted by Gasteiger charge is -2.01. The van der Waals surface area contributed by atoms with Gasteiger partial charge in [0.2, 0.25) is 11.6 Å². The predicted molar refractivity (Wildman–Crippen MR) is 215 cm³/mol. The Morgan fingerprint density at radius 2 is 0.845 bits per heavy atom. The van der Waals surface area contributed by atoms with Gasteiger partial charge in [0.1, 0.15) is 56.8 Å². The number of nitriles is 4. The van der Waals surface area contributed by atoms with E-state index in [0.29, 0.717) is 10.0 Å². The summed E-state index contributed by atoms with van der Waals surface area (Å²) in [7, 11) is 3.79. The van der Waals surface area contributed by atoms with E-state index in [0.717, 1.165) is 74.5 Å². The molecular weight excluding hydrogens is 829 g/mol. The standard InChI is InChI=1S/C40H12F4N8O2S4/c1-51-23-7-25(49-29-27(13(9-45)10-46)15-3-19(41)21(43)5-17(15)33(29)53)55-35(23)37-31(51)39-40(57-37)32-38(58-39)36-24(52(32)2)8-26(56-36)50-30-28(14(11-47)12-48)16-4-20(42)22(44)6-18(16)34(30)54/h3-8H,1-2H3. The quantitative estimate of drug-likeness (QED) is 0.124. The predicted octanol–water partition coefficient (Wildman–Crippen LogP) is 10.5. The van der Waals surface area contributed by atoms with Gasteiger partial charge in [-0.15, -0.1) is 45.3 Å². The van der Waals surface area contributed by atoms with E-state index in [2.05, 4.69) is 9.98 Å². The first-order valence-corrected chi connectivity index (χ1v) is 19.9. The van der Waals surface area contributed by atoms with Gasteiger partial charge in [-0.3, -0.25) is 9.59 Å². The molecule has 0 radical (unpaired) electrons. The third-order valence-corrected chi connectivity index (χ3v) is 15.0. The number of carbonyl (C=O) groups excluding carboxylic acids is 2. The summed E-state index contributed by atoms with van der Waals surface area (Å²) in [5, 5.41) is 39.4. The lowest BCUT2D eigenvalue weighted by molar-refractivity contribution is 0.106. The molecule has 18 heteroatoms. The van der Waals surface area contributed by atoms with Gasteiger partial charge in [-0.05, 0) is 36.4 Å². The average Bonchev–Trinajstić information content (AvgIpc) is 4.07. The molecule has 0 N–H and O–H groups in total. The number of carbonyl (C=O) groups is 2. The van der Waals surface area contributed by atoms with Gasteiger partial charge in [-0.1, -0.05) is 0 Å². The summed E-state index contributed by atoms with van der Waals surface area (Å²) in [6.45, 7) is 0. The van der Waals surface area contributed by atoms with Crippen LogP contribution >= 0.6 is 45.3 Å². The third kappa shape index (κ3) is 4.57. The van der Waals surface area contributed by atoms with Crippen molar-refractivity contribution in [1.82, 2.24) is 9.13 Å². The number of aromatic nitrogens is 2. The number of rotatable bonds is 2. The van der Waals surface area contributed by atoms with E-state index in [1.54, 1.807) is 59.1 Å². The first-order chi connectivity index (χ1) is 27.9. The highest BCUT2D eigenvalue weighted by atomic mass is 32.1. The largest absolute Gasteiger partial charge is 0.341 e. The van der Waals surface area contributed by atoms with Crippen LogP contribution in [0.3, 0.4) is 0 Å². The first-order valence-electron chi connectivity index (χ1n) is 16.6. The molecule has 2 aromatic carbocycles. The molecule has 0 spiro atoms. The number of aryl methyl sites for hydroxylation is 2. The van der Waals surface area contributed by atoms with E-state index in [1.165, 1.54) is 22.7 Å². The minimum atomic E-state index is -1.24. The second-order valence-electron chi connectivity index (χ2n) is 13.1.